The molecule has 0 aliphatic carbocycles. The molecule has 3 heteroatoms. The molecular weight excluding hydrogens is 520 g/mol. The van der Waals surface area contributed by atoms with Crippen LogP contribution in [0.3, 0.4) is 0 Å². The minimum atomic E-state index is -1.45. The number of benzene rings is 4. The zero-order valence-electron chi connectivity index (χ0n) is 21.4. The molecule has 6 aromatic rings. The molecule has 2 nitrogen and oxygen atoms in total. The molecular formula is C36H30FeO2-6. The summed E-state index contributed by atoms with van der Waals surface area (Å²) < 4.78 is 0. The van der Waals surface area contributed by atoms with Gasteiger partial charge in [-0.05, 0) is 22.3 Å². The zero-order valence-corrected chi connectivity index (χ0v) is 22.5. The minimum Gasteiger partial charge on any atom is -0.748 e. The van der Waals surface area contributed by atoms with Gasteiger partial charge in [0.15, 0.2) is 0 Å². The van der Waals surface area contributed by atoms with Crippen LogP contribution in [0.25, 0.3) is 0 Å². The Morgan fingerprint density at radius 3 is 1.13 bits per heavy atom. The number of hydrogen-bond acceptors (Lipinski definition) is 2. The van der Waals surface area contributed by atoms with Gasteiger partial charge in [0, 0.05) is 17.1 Å². The van der Waals surface area contributed by atoms with E-state index < -0.39 is 11.2 Å². The molecule has 200 valence electrons. The van der Waals surface area contributed by atoms with E-state index in [0.717, 1.165) is 22.3 Å². The minimum absolute atomic E-state index is 0. The number of hydrogen-bond donors (Lipinski definition) is 2. The summed E-state index contributed by atoms with van der Waals surface area (Å²) >= 11 is 0. The Bertz CT molecular complexity index is 1310. The van der Waals surface area contributed by atoms with Crippen molar-refractivity contribution in [2.24, 2.45) is 0 Å². The Morgan fingerprint density at radius 1 is 0.436 bits per heavy atom. The molecule has 2 N–H and O–H groups in total. The zero-order chi connectivity index (χ0) is 26.3. The maximum atomic E-state index is 12.4. The van der Waals surface area contributed by atoms with E-state index >= 15 is 0 Å². The van der Waals surface area contributed by atoms with Crippen molar-refractivity contribution in [1.82, 2.24) is 0 Å². The second kappa shape index (κ2) is 12.7. The first-order chi connectivity index (χ1) is 18.6. The van der Waals surface area contributed by atoms with Gasteiger partial charge in [-0.15, -0.1) is 11.1 Å². The van der Waals surface area contributed by atoms with E-state index in [2.05, 4.69) is 0 Å². The third-order valence-corrected chi connectivity index (χ3v) is 6.92. The molecule has 0 aliphatic heterocycles. The molecule has 0 saturated carbocycles. The fourth-order valence-corrected chi connectivity index (χ4v) is 5.04. The van der Waals surface area contributed by atoms with E-state index in [0.29, 0.717) is 11.1 Å². The van der Waals surface area contributed by atoms with Gasteiger partial charge in [-0.3, -0.25) is 0 Å². The predicted octanol–water partition coefficient (Wildman–Crippen LogP) is 7.38. The van der Waals surface area contributed by atoms with E-state index in [1.165, 1.54) is 0 Å². The Kier molecular flexibility index (Phi) is 9.14. The van der Waals surface area contributed by atoms with Crippen LogP contribution in [-0.2, 0) is 28.3 Å². The smallest absolute Gasteiger partial charge is 0.118 e. The van der Waals surface area contributed by atoms with Crippen molar-refractivity contribution < 1.29 is 27.3 Å². The fourth-order valence-electron chi connectivity index (χ4n) is 5.04. The molecule has 0 amide bonds. The summed E-state index contributed by atoms with van der Waals surface area (Å²) in [5.74, 6) is 0. The molecule has 6 rings (SSSR count). The third kappa shape index (κ3) is 5.59. The molecule has 0 saturated heterocycles. The van der Waals surface area contributed by atoms with Gasteiger partial charge in [0.25, 0.3) is 0 Å². The first-order valence-corrected chi connectivity index (χ1v) is 12.8. The molecule has 0 unspecified atom stereocenters. The van der Waals surface area contributed by atoms with Gasteiger partial charge in [-0.2, -0.15) is 6.07 Å². The topological polar surface area (TPSA) is 40.5 Å². The molecule has 0 radical (unpaired) electrons. The normalized spacial score (nSPS) is 11.1. The summed E-state index contributed by atoms with van der Waals surface area (Å²) in [5.41, 5.74) is 1.38. The average Bonchev–Trinajstić information content (AvgIpc) is 3.75. The third-order valence-electron chi connectivity index (χ3n) is 6.92. The standard InChI is InChI=1S/C31H25O2.C5H5.Fe/c32-30(24-14-5-1-6-15-24,25-16-7-2-8-17-25)28-22-13-23-29(28)31(33,26-18-9-3-10-19-26)27-20-11-4-12-21-27;1-2-4-5-3-1;/h1-23,32-33H;1-5H;/q-1;-5;. The average molecular weight is 550 g/mol. The van der Waals surface area contributed by atoms with Crippen LogP contribution in [0.4, 0.5) is 0 Å². The van der Waals surface area contributed by atoms with Crippen molar-refractivity contribution in [2.75, 3.05) is 0 Å². The van der Waals surface area contributed by atoms with E-state index in [-0.39, 0.29) is 17.1 Å². The van der Waals surface area contributed by atoms with Crippen molar-refractivity contribution in [3.63, 3.8) is 0 Å². The number of aliphatic hydroxyl groups is 2. The monoisotopic (exact) mass is 550 g/mol. The summed E-state index contributed by atoms with van der Waals surface area (Å²) in [5, 5.41) is 24.9. The van der Waals surface area contributed by atoms with Crippen LogP contribution in [0.2, 0.25) is 0 Å². The molecule has 6 aromatic carbocycles. The van der Waals surface area contributed by atoms with Crippen LogP contribution in [0.15, 0.2) is 170 Å². The van der Waals surface area contributed by atoms with Crippen molar-refractivity contribution >= 4 is 0 Å². The van der Waals surface area contributed by atoms with E-state index in [1.807, 2.05) is 170 Å². The molecule has 0 aromatic heterocycles. The van der Waals surface area contributed by atoms with Gasteiger partial charge in [-0.1, -0.05) is 121 Å². The predicted molar refractivity (Wildman–Crippen MR) is 154 cm³/mol. The first kappa shape index (κ1) is 28.0. The second-order valence-corrected chi connectivity index (χ2v) is 9.20. The summed E-state index contributed by atoms with van der Waals surface area (Å²) in [7, 11) is 0. The van der Waals surface area contributed by atoms with E-state index in [1.54, 1.807) is 0 Å². The van der Waals surface area contributed by atoms with Crippen molar-refractivity contribution in [1.29, 1.82) is 0 Å². The molecule has 0 bridgehead atoms. The fraction of sp³-hybridized carbons (Fsp3) is 0.0556. The second-order valence-electron chi connectivity index (χ2n) is 9.20. The Balaban J connectivity index is 0.000000530. The Morgan fingerprint density at radius 2 is 0.769 bits per heavy atom. The Hall–Kier alpha value is -3.98. The maximum absolute atomic E-state index is 12.4. The van der Waals surface area contributed by atoms with Gasteiger partial charge in [0.05, 0.1) is 5.60 Å². The summed E-state index contributed by atoms with van der Waals surface area (Å²) in [4.78, 5) is 0. The van der Waals surface area contributed by atoms with E-state index in [4.69, 9.17) is 0 Å². The van der Waals surface area contributed by atoms with Crippen LogP contribution in [0.1, 0.15) is 33.4 Å². The van der Waals surface area contributed by atoms with Crippen LogP contribution in [-0.4, -0.2) is 10.2 Å². The summed E-state index contributed by atoms with van der Waals surface area (Å²) in [6.07, 6.45) is 0. The largest absolute Gasteiger partial charge is 0.748 e. The molecule has 0 heterocycles. The summed E-state index contributed by atoms with van der Waals surface area (Å²) in [6, 6.07) is 54.2. The molecule has 0 atom stereocenters. The van der Waals surface area contributed by atoms with Crippen molar-refractivity contribution in [3.05, 3.63) is 203 Å². The maximum Gasteiger partial charge on any atom is 0.118 e. The van der Waals surface area contributed by atoms with Gasteiger partial charge in [-0.25, -0.2) is 12.1 Å². The van der Waals surface area contributed by atoms with Crippen LogP contribution >= 0.6 is 0 Å². The molecule has 39 heavy (non-hydrogen) atoms. The van der Waals surface area contributed by atoms with Crippen LogP contribution < -0.4 is 0 Å². The SMILES string of the molecule is OC(c1ccccc1)(c1ccccc1)c1ccc[c-]1C(O)(c1ccccc1)c1ccccc1.[Fe].[cH-]1[cH-][cH-][cH-][cH-]1. The van der Waals surface area contributed by atoms with Gasteiger partial charge in [0.1, 0.15) is 5.60 Å². The summed E-state index contributed by atoms with van der Waals surface area (Å²) in [6.45, 7) is 0. The molecule has 0 fully saturated rings. The number of rotatable bonds is 6. The van der Waals surface area contributed by atoms with Gasteiger partial charge >= 0.3 is 0 Å². The van der Waals surface area contributed by atoms with Crippen molar-refractivity contribution in [3.8, 4) is 0 Å². The van der Waals surface area contributed by atoms with E-state index in [9.17, 15) is 10.2 Å². The molecule has 0 aliphatic rings. The molecule has 0 spiro atoms. The van der Waals surface area contributed by atoms with Crippen molar-refractivity contribution in [2.45, 2.75) is 11.2 Å². The first-order valence-electron chi connectivity index (χ1n) is 12.8. The van der Waals surface area contributed by atoms with Gasteiger partial charge in [0.2, 0.25) is 0 Å². The van der Waals surface area contributed by atoms with Gasteiger partial charge < -0.3 is 40.5 Å². The van der Waals surface area contributed by atoms with Crippen LogP contribution in [0, 0.1) is 0 Å². The van der Waals surface area contributed by atoms with Crippen LogP contribution in [0.5, 0.6) is 0 Å². The quantitative estimate of drug-likeness (QED) is 0.168. The Labute approximate surface area is 241 Å².